The zero-order valence-corrected chi connectivity index (χ0v) is 4.09. The Labute approximate surface area is 46.2 Å². The van der Waals surface area contributed by atoms with Gasteiger partial charge in [0.05, 0.1) is 0 Å². The molecule has 0 aromatic heterocycles. The summed E-state index contributed by atoms with van der Waals surface area (Å²) >= 11 is 0. The van der Waals surface area contributed by atoms with Gasteiger partial charge in [0, 0.05) is 6.54 Å². The summed E-state index contributed by atoms with van der Waals surface area (Å²) in [5.41, 5.74) is 0. The van der Waals surface area contributed by atoms with E-state index in [0.29, 0.717) is 6.54 Å². The molecule has 0 aliphatic carbocycles. The van der Waals surface area contributed by atoms with Crippen LogP contribution in [0.25, 0.3) is 0 Å². The van der Waals surface area contributed by atoms with Gasteiger partial charge in [-0.3, -0.25) is 0 Å². The van der Waals surface area contributed by atoms with Gasteiger partial charge >= 0.3 is 5.97 Å². The lowest BCUT2D eigenvalue weighted by atomic mass is 10.3. The molecule has 0 saturated carbocycles. The van der Waals surface area contributed by atoms with Crippen molar-refractivity contribution in [3.05, 3.63) is 0 Å². The average molecular weight is 113 g/mol. The Hall–Kier alpha value is -1.06. The zero-order chi connectivity index (χ0) is 5.98. The second-order valence-electron chi connectivity index (χ2n) is 1.48. The molecule has 0 saturated heterocycles. The summed E-state index contributed by atoms with van der Waals surface area (Å²) in [5, 5.41) is 10.8. The second-order valence-corrected chi connectivity index (χ2v) is 1.48. The molecule has 1 aliphatic rings. The van der Waals surface area contributed by atoms with Crippen LogP contribution in [0.1, 0.15) is 0 Å². The van der Waals surface area contributed by atoms with Crippen LogP contribution >= 0.6 is 0 Å². The summed E-state index contributed by atoms with van der Waals surface area (Å²) in [4.78, 5) is 13.5. The molecule has 1 unspecified atom stereocenters. The van der Waals surface area contributed by atoms with Gasteiger partial charge in [-0.15, -0.1) is 0 Å². The van der Waals surface area contributed by atoms with E-state index >= 15 is 0 Å². The summed E-state index contributed by atoms with van der Waals surface area (Å²) in [5.74, 6) is -0.900. The van der Waals surface area contributed by atoms with E-state index in [1.165, 1.54) is 0 Å². The standard InChI is InChI=1S/C4H5N2O2/c7-4(8)3-1-5-2-6-3/h3H,1H2,(H,5,6)(H,7,8). The van der Waals surface area contributed by atoms with Gasteiger partial charge < -0.3 is 10.4 Å². The van der Waals surface area contributed by atoms with Crippen LogP contribution in [0.3, 0.4) is 0 Å². The molecule has 1 rings (SSSR count). The number of carboxylic acid groups (broad SMARTS) is 1. The molecule has 2 N–H and O–H groups in total. The molecule has 0 spiro atoms. The van der Waals surface area contributed by atoms with Crippen molar-refractivity contribution in [1.82, 2.24) is 5.32 Å². The number of carboxylic acids is 1. The predicted molar refractivity (Wildman–Crippen MR) is 26.9 cm³/mol. The monoisotopic (exact) mass is 113 g/mol. The van der Waals surface area contributed by atoms with Crippen molar-refractivity contribution < 1.29 is 9.90 Å². The van der Waals surface area contributed by atoms with Crippen LogP contribution in [-0.4, -0.2) is 30.0 Å². The molecule has 0 bridgehead atoms. The van der Waals surface area contributed by atoms with E-state index in [9.17, 15) is 4.79 Å². The van der Waals surface area contributed by atoms with Crippen molar-refractivity contribution in [2.24, 2.45) is 4.99 Å². The Bertz CT molecular complexity index is 132. The smallest absolute Gasteiger partial charge is 0.330 e. The van der Waals surface area contributed by atoms with E-state index in [4.69, 9.17) is 5.11 Å². The SMILES string of the molecule is O=C(O)C1CN[C]=N1. The Kier molecular flexibility index (Phi) is 1.15. The number of hydrogen-bond acceptors (Lipinski definition) is 3. The maximum atomic E-state index is 10.0. The summed E-state index contributed by atoms with van der Waals surface area (Å²) in [6.45, 7) is 0.370. The molecule has 4 heteroatoms. The summed E-state index contributed by atoms with van der Waals surface area (Å²) in [6.07, 6.45) is 2.35. The lowest BCUT2D eigenvalue weighted by Crippen LogP contribution is -2.23. The fourth-order valence-electron chi connectivity index (χ4n) is 0.454. The van der Waals surface area contributed by atoms with E-state index in [1.54, 1.807) is 0 Å². The molecule has 8 heavy (non-hydrogen) atoms. The molecule has 0 aromatic rings. The first-order valence-electron chi connectivity index (χ1n) is 2.21. The van der Waals surface area contributed by atoms with Crippen molar-refractivity contribution in [3.8, 4) is 0 Å². The number of hydrogen-bond donors (Lipinski definition) is 2. The third-order valence-corrected chi connectivity index (χ3v) is 0.880. The maximum Gasteiger partial charge on any atom is 0.330 e. The number of aliphatic imine (C=N–C) groups is 1. The molecule has 0 amide bonds. The molecule has 0 fully saturated rings. The highest BCUT2D eigenvalue weighted by Gasteiger charge is 2.17. The number of carbonyl (C=O) groups is 1. The van der Waals surface area contributed by atoms with E-state index in [2.05, 4.69) is 16.6 Å². The van der Waals surface area contributed by atoms with Gasteiger partial charge in [0.1, 0.15) is 0 Å². The minimum absolute atomic E-state index is 0.370. The average Bonchev–Trinajstić information content (AvgIpc) is 2.12. The van der Waals surface area contributed by atoms with Crippen LogP contribution in [0.15, 0.2) is 4.99 Å². The van der Waals surface area contributed by atoms with E-state index in [1.807, 2.05) is 0 Å². The van der Waals surface area contributed by atoms with Crippen molar-refractivity contribution in [2.75, 3.05) is 6.54 Å². The zero-order valence-electron chi connectivity index (χ0n) is 4.09. The molecule has 1 heterocycles. The van der Waals surface area contributed by atoms with Crippen LogP contribution in [0.2, 0.25) is 0 Å². The van der Waals surface area contributed by atoms with Crippen LogP contribution < -0.4 is 5.32 Å². The first-order chi connectivity index (χ1) is 3.80. The van der Waals surface area contributed by atoms with Gasteiger partial charge in [-0.2, -0.15) is 0 Å². The highest BCUT2D eigenvalue weighted by Crippen LogP contribution is 1.91. The van der Waals surface area contributed by atoms with Gasteiger partial charge in [0.2, 0.25) is 0 Å². The quantitative estimate of drug-likeness (QED) is 0.456. The second kappa shape index (κ2) is 1.81. The third-order valence-electron chi connectivity index (χ3n) is 0.880. The Morgan fingerprint density at radius 2 is 2.75 bits per heavy atom. The Morgan fingerprint density at radius 1 is 2.00 bits per heavy atom. The van der Waals surface area contributed by atoms with Crippen LogP contribution in [-0.2, 0) is 4.79 Å². The lowest BCUT2D eigenvalue weighted by Gasteiger charge is -1.94. The minimum Gasteiger partial charge on any atom is -0.480 e. The summed E-state index contributed by atoms with van der Waals surface area (Å²) in [7, 11) is 0. The molecule has 43 valence electrons. The summed E-state index contributed by atoms with van der Waals surface area (Å²) in [6, 6.07) is -0.616. The predicted octanol–water partition coefficient (Wildman–Crippen LogP) is -1.05. The highest BCUT2D eigenvalue weighted by molar-refractivity contribution is 5.78. The number of nitrogens with zero attached hydrogens (tertiary/aromatic N) is 1. The Balaban J connectivity index is 2.48. The van der Waals surface area contributed by atoms with E-state index in [-0.39, 0.29) is 0 Å². The number of rotatable bonds is 1. The van der Waals surface area contributed by atoms with E-state index < -0.39 is 12.0 Å². The molecule has 4 nitrogen and oxygen atoms in total. The molecular weight excluding hydrogens is 108 g/mol. The fraction of sp³-hybridized carbons (Fsp3) is 0.500. The topological polar surface area (TPSA) is 61.7 Å². The highest BCUT2D eigenvalue weighted by atomic mass is 16.4. The first-order valence-corrected chi connectivity index (χ1v) is 2.21. The Morgan fingerprint density at radius 3 is 3.00 bits per heavy atom. The van der Waals surface area contributed by atoms with E-state index in [0.717, 1.165) is 0 Å². The number of nitrogens with one attached hydrogen (secondary N) is 1. The van der Waals surface area contributed by atoms with Crippen LogP contribution in [0.5, 0.6) is 0 Å². The van der Waals surface area contributed by atoms with Gasteiger partial charge in [0.25, 0.3) is 0 Å². The van der Waals surface area contributed by atoms with Gasteiger partial charge in [-0.25, -0.2) is 9.79 Å². The lowest BCUT2D eigenvalue weighted by molar-refractivity contribution is -0.138. The molecule has 0 aromatic carbocycles. The van der Waals surface area contributed by atoms with Crippen molar-refractivity contribution in [3.63, 3.8) is 0 Å². The van der Waals surface area contributed by atoms with Crippen molar-refractivity contribution in [2.45, 2.75) is 6.04 Å². The molecule has 1 aliphatic heterocycles. The van der Waals surface area contributed by atoms with Gasteiger partial charge in [-0.1, -0.05) is 0 Å². The van der Waals surface area contributed by atoms with Crippen molar-refractivity contribution in [1.29, 1.82) is 0 Å². The molecule has 1 atom stereocenters. The number of aliphatic carboxylic acids is 1. The summed E-state index contributed by atoms with van der Waals surface area (Å²) < 4.78 is 0. The van der Waals surface area contributed by atoms with Gasteiger partial charge in [0.15, 0.2) is 12.4 Å². The third kappa shape index (κ3) is 0.776. The normalized spacial score (nSPS) is 25.2. The van der Waals surface area contributed by atoms with Crippen LogP contribution in [0.4, 0.5) is 0 Å². The molecular formula is C4H5N2O2. The first kappa shape index (κ1) is 5.08. The van der Waals surface area contributed by atoms with Gasteiger partial charge in [-0.05, 0) is 0 Å². The largest absolute Gasteiger partial charge is 0.480 e. The maximum absolute atomic E-state index is 10.0. The molecule has 1 radical (unpaired) electrons. The fourth-order valence-corrected chi connectivity index (χ4v) is 0.454. The van der Waals surface area contributed by atoms with Crippen LogP contribution in [0, 0.1) is 0 Å². The van der Waals surface area contributed by atoms with Crippen molar-refractivity contribution >= 4 is 12.3 Å². The minimum atomic E-state index is -0.900.